The molecule has 1 aliphatic rings. The van der Waals surface area contributed by atoms with Crippen molar-refractivity contribution in [2.75, 3.05) is 0 Å². The first-order valence-electron chi connectivity index (χ1n) is 7.18. The molecule has 1 N–H and O–H groups in total. The lowest BCUT2D eigenvalue weighted by molar-refractivity contribution is 0.0697. The second-order valence-corrected chi connectivity index (χ2v) is 7.45. The van der Waals surface area contributed by atoms with Crippen molar-refractivity contribution < 1.29 is 18.3 Å². The van der Waals surface area contributed by atoms with Gasteiger partial charge in [0.1, 0.15) is 0 Å². The zero-order chi connectivity index (χ0) is 15.6. The molecule has 0 aliphatic carbocycles. The van der Waals surface area contributed by atoms with Crippen LogP contribution in [0.1, 0.15) is 49.0 Å². The van der Waals surface area contributed by atoms with E-state index < -0.39 is 16.0 Å². The summed E-state index contributed by atoms with van der Waals surface area (Å²) in [6.07, 6.45) is 2.63. The second-order valence-electron chi connectivity index (χ2n) is 5.58. The van der Waals surface area contributed by atoms with Crippen molar-refractivity contribution in [3.8, 4) is 0 Å². The van der Waals surface area contributed by atoms with E-state index in [9.17, 15) is 13.2 Å². The van der Waals surface area contributed by atoms with Gasteiger partial charge in [0.15, 0.2) is 0 Å². The van der Waals surface area contributed by atoms with Crippen LogP contribution >= 0.6 is 0 Å². The minimum atomic E-state index is -3.37. The van der Waals surface area contributed by atoms with E-state index in [0.29, 0.717) is 5.56 Å². The van der Waals surface area contributed by atoms with E-state index in [1.54, 1.807) is 16.4 Å². The summed E-state index contributed by atoms with van der Waals surface area (Å²) >= 11 is 0. The van der Waals surface area contributed by atoms with Crippen molar-refractivity contribution in [3.63, 3.8) is 0 Å². The van der Waals surface area contributed by atoms with E-state index >= 15 is 0 Å². The van der Waals surface area contributed by atoms with Crippen LogP contribution < -0.4 is 0 Å². The summed E-state index contributed by atoms with van der Waals surface area (Å²) in [5, 5.41) is 8.86. The number of hydrogen-bond donors (Lipinski definition) is 1. The average molecular weight is 311 g/mol. The molecule has 1 saturated heterocycles. The summed E-state index contributed by atoms with van der Waals surface area (Å²) in [6.45, 7) is 3.95. The second kappa shape index (κ2) is 6.15. The Bertz CT molecular complexity index is 609. The van der Waals surface area contributed by atoms with Crippen molar-refractivity contribution in [2.24, 2.45) is 0 Å². The quantitative estimate of drug-likeness (QED) is 0.906. The first-order chi connectivity index (χ1) is 9.85. The molecule has 0 aromatic heterocycles. The molecule has 1 heterocycles. The third-order valence-electron chi connectivity index (χ3n) is 4.05. The van der Waals surface area contributed by atoms with Crippen LogP contribution in [0, 0.1) is 0 Å². The fourth-order valence-electron chi connectivity index (χ4n) is 2.96. The number of nitrogens with zero attached hydrogens (tertiary/aromatic N) is 1. The van der Waals surface area contributed by atoms with Gasteiger partial charge in [-0.25, -0.2) is 13.2 Å². The van der Waals surface area contributed by atoms with Gasteiger partial charge in [0.2, 0.25) is 10.0 Å². The fraction of sp³-hybridized carbons (Fsp3) is 0.533. The molecule has 1 aromatic rings. The van der Waals surface area contributed by atoms with Gasteiger partial charge in [-0.05, 0) is 43.9 Å². The topological polar surface area (TPSA) is 74.7 Å². The Morgan fingerprint density at radius 2 is 1.90 bits per heavy atom. The Labute approximate surface area is 125 Å². The number of sulfonamides is 1. The summed E-state index contributed by atoms with van der Waals surface area (Å²) in [6, 6.07) is 6.16. The molecule has 21 heavy (non-hydrogen) atoms. The highest BCUT2D eigenvalue weighted by atomic mass is 32.2. The van der Waals surface area contributed by atoms with Gasteiger partial charge >= 0.3 is 5.97 Å². The summed E-state index contributed by atoms with van der Waals surface area (Å²) in [5.74, 6) is -1.09. The lowest BCUT2D eigenvalue weighted by Crippen LogP contribution is -2.40. The lowest BCUT2D eigenvalue weighted by Gasteiger charge is -2.27. The molecule has 2 rings (SSSR count). The summed E-state index contributed by atoms with van der Waals surface area (Å²) in [7, 11) is -3.37. The smallest absolute Gasteiger partial charge is 0.335 e. The number of carboxylic acid groups (broad SMARTS) is 1. The number of rotatable bonds is 5. The van der Waals surface area contributed by atoms with Crippen LogP contribution in [0.4, 0.5) is 0 Å². The Morgan fingerprint density at radius 1 is 1.29 bits per heavy atom. The zero-order valence-electron chi connectivity index (χ0n) is 12.3. The third-order valence-corrected chi connectivity index (χ3v) is 6.05. The van der Waals surface area contributed by atoms with E-state index in [1.165, 1.54) is 12.1 Å². The molecule has 2 unspecified atom stereocenters. The van der Waals surface area contributed by atoms with Gasteiger partial charge in [0.25, 0.3) is 0 Å². The third kappa shape index (κ3) is 3.44. The van der Waals surface area contributed by atoms with Crippen molar-refractivity contribution in [2.45, 2.75) is 50.9 Å². The van der Waals surface area contributed by atoms with Crippen molar-refractivity contribution in [3.05, 3.63) is 35.4 Å². The van der Waals surface area contributed by atoms with Crippen LogP contribution in [0.5, 0.6) is 0 Å². The fourth-order valence-corrected chi connectivity index (χ4v) is 5.09. The maximum Gasteiger partial charge on any atom is 0.335 e. The van der Waals surface area contributed by atoms with E-state index in [2.05, 4.69) is 0 Å². The molecule has 1 aliphatic heterocycles. The Morgan fingerprint density at radius 3 is 2.43 bits per heavy atom. The SMILES string of the molecule is CCC1CCC(C)N1S(=O)(=O)Cc1ccc(C(=O)O)cc1. The molecule has 1 aromatic carbocycles. The normalized spacial score (nSPS) is 23.3. The molecule has 116 valence electrons. The predicted octanol–water partition coefficient (Wildman–Crippen LogP) is 2.48. The number of hydrogen-bond acceptors (Lipinski definition) is 3. The molecule has 6 heteroatoms. The summed E-state index contributed by atoms with van der Waals surface area (Å²) < 4.78 is 26.9. The Hall–Kier alpha value is -1.40. The highest BCUT2D eigenvalue weighted by Crippen LogP contribution is 2.30. The minimum Gasteiger partial charge on any atom is -0.478 e. The molecule has 1 fully saturated rings. The largest absolute Gasteiger partial charge is 0.478 e. The van der Waals surface area contributed by atoms with Gasteiger partial charge < -0.3 is 5.11 Å². The van der Waals surface area contributed by atoms with Crippen LogP contribution in [0.2, 0.25) is 0 Å². The van der Waals surface area contributed by atoms with Crippen molar-refractivity contribution >= 4 is 16.0 Å². The standard InChI is InChI=1S/C15H21NO4S/c1-3-14-9-4-11(2)16(14)21(19,20)10-12-5-7-13(8-6-12)15(17)18/h5-8,11,14H,3-4,9-10H2,1-2H3,(H,17,18). The number of aromatic carboxylic acids is 1. The van der Waals surface area contributed by atoms with Crippen LogP contribution in [0.3, 0.4) is 0 Å². The molecule has 0 radical (unpaired) electrons. The van der Waals surface area contributed by atoms with Gasteiger partial charge in [-0.1, -0.05) is 19.1 Å². The van der Waals surface area contributed by atoms with Crippen molar-refractivity contribution in [1.82, 2.24) is 4.31 Å². The van der Waals surface area contributed by atoms with Crippen LogP contribution in [0.15, 0.2) is 24.3 Å². The van der Waals surface area contributed by atoms with E-state index in [1.807, 2.05) is 13.8 Å². The first kappa shape index (κ1) is 16.0. The van der Waals surface area contributed by atoms with E-state index in [-0.39, 0.29) is 23.4 Å². The number of carboxylic acids is 1. The summed E-state index contributed by atoms with van der Waals surface area (Å²) in [5.41, 5.74) is 0.783. The lowest BCUT2D eigenvalue weighted by atomic mass is 10.1. The van der Waals surface area contributed by atoms with Gasteiger partial charge in [0.05, 0.1) is 11.3 Å². The maximum atomic E-state index is 12.6. The summed E-state index contributed by atoms with van der Waals surface area (Å²) in [4.78, 5) is 10.8. The predicted molar refractivity (Wildman–Crippen MR) is 80.6 cm³/mol. The monoisotopic (exact) mass is 311 g/mol. The maximum absolute atomic E-state index is 12.6. The van der Waals surface area contributed by atoms with Gasteiger partial charge in [0, 0.05) is 12.1 Å². The molecule has 0 bridgehead atoms. The van der Waals surface area contributed by atoms with Crippen LogP contribution in [-0.4, -0.2) is 35.9 Å². The van der Waals surface area contributed by atoms with Crippen LogP contribution in [-0.2, 0) is 15.8 Å². The van der Waals surface area contributed by atoms with Crippen LogP contribution in [0.25, 0.3) is 0 Å². The van der Waals surface area contributed by atoms with Gasteiger partial charge in [-0.2, -0.15) is 4.31 Å². The highest BCUT2D eigenvalue weighted by Gasteiger charge is 2.37. The zero-order valence-corrected chi connectivity index (χ0v) is 13.1. The Kier molecular flexibility index (Phi) is 4.68. The van der Waals surface area contributed by atoms with E-state index in [4.69, 9.17) is 5.11 Å². The average Bonchev–Trinajstić information content (AvgIpc) is 2.80. The van der Waals surface area contributed by atoms with Crippen molar-refractivity contribution in [1.29, 1.82) is 0 Å². The highest BCUT2D eigenvalue weighted by molar-refractivity contribution is 7.88. The molecular formula is C15H21NO4S. The molecule has 5 nitrogen and oxygen atoms in total. The Balaban J connectivity index is 2.18. The first-order valence-corrected chi connectivity index (χ1v) is 8.79. The number of carbonyl (C=O) groups is 1. The molecule has 2 atom stereocenters. The van der Waals surface area contributed by atoms with Gasteiger partial charge in [-0.15, -0.1) is 0 Å². The molecule has 0 spiro atoms. The van der Waals surface area contributed by atoms with E-state index in [0.717, 1.165) is 19.3 Å². The minimum absolute atomic E-state index is 0.0400. The molecule has 0 amide bonds. The molecule has 0 saturated carbocycles. The molecular weight excluding hydrogens is 290 g/mol. The number of benzene rings is 1. The van der Waals surface area contributed by atoms with Gasteiger partial charge in [-0.3, -0.25) is 0 Å².